The van der Waals surface area contributed by atoms with E-state index in [9.17, 15) is 4.79 Å². The number of rotatable bonds is 5. The van der Waals surface area contributed by atoms with E-state index in [1.165, 1.54) is 5.56 Å². The number of nitrogens with zero attached hydrogens (tertiary/aromatic N) is 3. The maximum Gasteiger partial charge on any atom is 0.253 e. The molecule has 0 N–H and O–H groups in total. The van der Waals surface area contributed by atoms with Gasteiger partial charge in [0.2, 0.25) is 0 Å². The molecule has 1 fully saturated rings. The molecular weight excluding hydrogens is 386 g/mol. The first-order valence-electron chi connectivity index (χ1n) is 9.94. The summed E-state index contributed by atoms with van der Waals surface area (Å²) in [7, 11) is 0. The second-order valence-electron chi connectivity index (χ2n) is 7.30. The SMILES string of the molecule is CCc1ccc(C(=O)N2CCN(Cc3cc(-c4ccc(Cl)cc4)no3)CC2)cc1. The van der Waals surface area contributed by atoms with Gasteiger partial charge in [-0.05, 0) is 36.2 Å². The van der Waals surface area contributed by atoms with Crippen LogP contribution in [0.1, 0.15) is 28.6 Å². The maximum atomic E-state index is 12.7. The van der Waals surface area contributed by atoms with Crippen LogP contribution in [-0.4, -0.2) is 47.0 Å². The summed E-state index contributed by atoms with van der Waals surface area (Å²) in [4.78, 5) is 16.9. The molecule has 150 valence electrons. The van der Waals surface area contributed by atoms with Crippen LogP contribution >= 0.6 is 11.6 Å². The molecule has 6 heteroatoms. The Balaban J connectivity index is 1.32. The molecule has 4 rings (SSSR count). The number of hydrogen-bond acceptors (Lipinski definition) is 4. The number of halogens is 1. The highest BCUT2D eigenvalue weighted by atomic mass is 35.5. The molecule has 1 saturated heterocycles. The van der Waals surface area contributed by atoms with Gasteiger partial charge in [-0.25, -0.2) is 0 Å². The second-order valence-corrected chi connectivity index (χ2v) is 7.74. The summed E-state index contributed by atoms with van der Waals surface area (Å²) in [5.41, 5.74) is 3.80. The zero-order chi connectivity index (χ0) is 20.2. The van der Waals surface area contributed by atoms with Gasteiger partial charge >= 0.3 is 0 Å². The molecule has 2 aromatic carbocycles. The molecule has 0 spiro atoms. The number of piperazine rings is 1. The van der Waals surface area contributed by atoms with Gasteiger partial charge in [-0.2, -0.15) is 0 Å². The molecule has 1 amide bonds. The average molecular weight is 410 g/mol. The van der Waals surface area contributed by atoms with E-state index in [4.69, 9.17) is 16.1 Å². The monoisotopic (exact) mass is 409 g/mol. The van der Waals surface area contributed by atoms with Crippen molar-refractivity contribution in [3.63, 3.8) is 0 Å². The van der Waals surface area contributed by atoms with E-state index in [1.807, 2.05) is 59.5 Å². The van der Waals surface area contributed by atoms with Gasteiger partial charge in [0.25, 0.3) is 5.91 Å². The average Bonchev–Trinajstić information content (AvgIpc) is 3.23. The molecule has 0 atom stereocenters. The fourth-order valence-electron chi connectivity index (χ4n) is 3.54. The van der Waals surface area contributed by atoms with Gasteiger partial charge in [0, 0.05) is 48.4 Å². The van der Waals surface area contributed by atoms with Crippen molar-refractivity contribution < 1.29 is 9.32 Å². The van der Waals surface area contributed by atoms with Gasteiger partial charge in [0.1, 0.15) is 5.69 Å². The molecule has 0 radical (unpaired) electrons. The number of carbonyl (C=O) groups is 1. The molecule has 0 aliphatic carbocycles. The summed E-state index contributed by atoms with van der Waals surface area (Å²) < 4.78 is 5.51. The first-order chi connectivity index (χ1) is 14.1. The molecule has 2 heterocycles. The minimum absolute atomic E-state index is 0.108. The van der Waals surface area contributed by atoms with Crippen LogP contribution in [-0.2, 0) is 13.0 Å². The van der Waals surface area contributed by atoms with Crippen molar-refractivity contribution >= 4 is 17.5 Å². The van der Waals surface area contributed by atoms with E-state index >= 15 is 0 Å². The minimum Gasteiger partial charge on any atom is -0.359 e. The third-order valence-electron chi connectivity index (χ3n) is 5.35. The molecule has 0 saturated carbocycles. The first kappa shape index (κ1) is 19.7. The van der Waals surface area contributed by atoms with Crippen molar-refractivity contribution in [1.29, 1.82) is 0 Å². The van der Waals surface area contributed by atoms with E-state index in [0.717, 1.165) is 42.1 Å². The molecule has 0 unspecified atom stereocenters. The molecular formula is C23H24ClN3O2. The van der Waals surface area contributed by atoms with E-state index in [1.54, 1.807) is 0 Å². The highest BCUT2D eigenvalue weighted by molar-refractivity contribution is 6.30. The topological polar surface area (TPSA) is 49.6 Å². The maximum absolute atomic E-state index is 12.7. The van der Waals surface area contributed by atoms with Crippen LogP contribution in [0, 0.1) is 0 Å². The number of aromatic nitrogens is 1. The Morgan fingerprint density at radius 3 is 2.38 bits per heavy atom. The third kappa shape index (κ3) is 4.69. The molecule has 29 heavy (non-hydrogen) atoms. The Morgan fingerprint density at radius 2 is 1.72 bits per heavy atom. The molecule has 1 aliphatic heterocycles. The number of hydrogen-bond donors (Lipinski definition) is 0. The largest absolute Gasteiger partial charge is 0.359 e. The summed E-state index contributed by atoms with van der Waals surface area (Å²) >= 11 is 5.94. The van der Waals surface area contributed by atoms with E-state index in [0.29, 0.717) is 24.7 Å². The molecule has 5 nitrogen and oxygen atoms in total. The number of amides is 1. The van der Waals surface area contributed by atoms with Crippen molar-refractivity contribution in [2.24, 2.45) is 0 Å². The smallest absolute Gasteiger partial charge is 0.253 e. The Hall–Kier alpha value is -2.63. The summed E-state index contributed by atoms with van der Waals surface area (Å²) in [6.45, 7) is 5.86. The van der Waals surface area contributed by atoms with Crippen molar-refractivity contribution in [1.82, 2.24) is 15.0 Å². The molecule has 1 aliphatic rings. The first-order valence-corrected chi connectivity index (χ1v) is 10.3. The number of carbonyl (C=O) groups excluding carboxylic acids is 1. The van der Waals surface area contributed by atoms with E-state index in [-0.39, 0.29) is 5.91 Å². The Bertz CT molecular complexity index is 959. The number of benzene rings is 2. The van der Waals surface area contributed by atoms with Gasteiger partial charge in [-0.1, -0.05) is 47.9 Å². The normalized spacial score (nSPS) is 14.9. The lowest BCUT2D eigenvalue weighted by Crippen LogP contribution is -2.48. The molecule has 0 bridgehead atoms. The van der Waals surface area contributed by atoms with Gasteiger partial charge in [0.05, 0.1) is 6.54 Å². The summed E-state index contributed by atoms with van der Waals surface area (Å²) in [5, 5.41) is 4.87. The van der Waals surface area contributed by atoms with Crippen LogP contribution in [0.2, 0.25) is 5.02 Å². The quantitative estimate of drug-likeness (QED) is 0.621. The Kier molecular flexibility index (Phi) is 5.97. The van der Waals surface area contributed by atoms with Gasteiger partial charge in [0.15, 0.2) is 5.76 Å². The lowest BCUT2D eigenvalue weighted by atomic mass is 10.1. The van der Waals surface area contributed by atoms with Gasteiger partial charge in [-0.3, -0.25) is 9.69 Å². The predicted octanol–water partition coefficient (Wildman–Crippen LogP) is 4.52. The van der Waals surface area contributed by atoms with Gasteiger partial charge < -0.3 is 9.42 Å². The van der Waals surface area contributed by atoms with Crippen molar-refractivity contribution in [2.45, 2.75) is 19.9 Å². The van der Waals surface area contributed by atoms with E-state index in [2.05, 4.69) is 17.0 Å². The molecule has 3 aromatic rings. The van der Waals surface area contributed by atoms with E-state index < -0.39 is 0 Å². The zero-order valence-electron chi connectivity index (χ0n) is 16.5. The van der Waals surface area contributed by atoms with Crippen molar-refractivity contribution in [2.75, 3.05) is 26.2 Å². The Labute approximate surface area is 175 Å². The fourth-order valence-corrected chi connectivity index (χ4v) is 3.67. The van der Waals surface area contributed by atoms with Crippen LogP contribution in [0.5, 0.6) is 0 Å². The standard InChI is InChI=1S/C23H24ClN3O2/c1-2-17-3-5-19(6-4-17)23(28)27-13-11-26(12-14-27)16-21-15-22(25-29-21)18-7-9-20(24)10-8-18/h3-10,15H,2,11-14,16H2,1H3. The zero-order valence-corrected chi connectivity index (χ0v) is 17.2. The lowest BCUT2D eigenvalue weighted by Gasteiger charge is -2.34. The van der Waals surface area contributed by atoms with Gasteiger partial charge in [-0.15, -0.1) is 0 Å². The second kappa shape index (κ2) is 8.80. The predicted molar refractivity (Wildman–Crippen MR) is 114 cm³/mol. The Morgan fingerprint density at radius 1 is 1.03 bits per heavy atom. The lowest BCUT2D eigenvalue weighted by molar-refractivity contribution is 0.0617. The number of aryl methyl sites for hydroxylation is 1. The minimum atomic E-state index is 0.108. The van der Waals surface area contributed by atoms with Crippen LogP contribution in [0.4, 0.5) is 0 Å². The van der Waals surface area contributed by atoms with Crippen LogP contribution in [0.25, 0.3) is 11.3 Å². The summed E-state index contributed by atoms with van der Waals surface area (Å²) in [6.07, 6.45) is 0.981. The van der Waals surface area contributed by atoms with Crippen molar-refractivity contribution in [3.05, 3.63) is 76.5 Å². The summed E-state index contributed by atoms with van der Waals surface area (Å²) in [6, 6.07) is 17.4. The van der Waals surface area contributed by atoms with Crippen molar-refractivity contribution in [3.8, 4) is 11.3 Å². The van der Waals surface area contributed by atoms with Crippen LogP contribution < -0.4 is 0 Å². The van der Waals surface area contributed by atoms with Crippen LogP contribution in [0.3, 0.4) is 0 Å². The fraction of sp³-hybridized carbons (Fsp3) is 0.304. The molecule has 1 aromatic heterocycles. The third-order valence-corrected chi connectivity index (χ3v) is 5.60. The highest BCUT2D eigenvalue weighted by Crippen LogP contribution is 2.22. The highest BCUT2D eigenvalue weighted by Gasteiger charge is 2.23. The van der Waals surface area contributed by atoms with Crippen LogP contribution in [0.15, 0.2) is 59.1 Å². The summed E-state index contributed by atoms with van der Waals surface area (Å²) in [5.74, 6) is 0.932.